The standard InChI is InChI=1S/C14H16N2O2/c1-2-18-14(17)13-15-10-7-3-5-9-6-4-8-11(16-13)12(9)10/h3-8,10,12-13,15-16H,2H2,1H3. The lowest BCUT2D eigenvalue weighted by atomic mass is 9.80. The van der Waals surface area contributed by atoms with Crippen LogP contribution in [0.1, 0.15) is 6.92 Å². The first-order valence-electron chi connectivity index (χ1n) is 6.25. The number of hydrogen-bond donors (Lipinski definition) is 2. The molecule has 94 valence electrons. The monoisotopic (exact) mass is 244 g/mol. The molecule has 0 saturated carbocycles. The molecule has 18 heavy (non-hydrogen) atoms. The van der Waals surface area contributed by atoms with Gasteiger partial charge in [-0.1, -0.05) is 30.4 Å². The summed E-state index contributed by atoms with van der Waals surface area (Å²) < 4.78 is 5.05. The van der Waals surface area contributed by atoms with E-state index in [0.717, 1.165) is 5.70 Å². The second-order valence-electron chi connectivity index (χ2n) is 4.53. The summed E-state index contributed by atoms with van der Waals surface area (Å²) in [5, 5.41) is 6.50. The number of carbonyl (C=O) groups is 1. The second-order valence-corrected chi connectivity index (χ2v) is 4.53. The molecule has 4 heteroatoms. The van der Waals surface area contributed by atoms with Crippen molar-refractivity contribution < 1.29 is 9.53 Å². The lowest BCUT2D eigenvalue weighted by molar-refractivity contribution is -0.147. The Morgan fingerprint density at radius 2 is 2.28 bits per heavy atom. The Balaban J connectivity index is 1.85. The molecule has 2 aliphatic carbocycles. The lowest BCUT2D eigenvalue weighted by Gasteiger charge is -2.41. The summed E-state index contributed by atoms with van der Waals surface area (Å²) in [7, 11) is 0. The van der Waals surface area contributed by atoms with E-state index in [0.29, 0.717) is 6.61 Å². The molecule has 4 nitrogen and oxygen atoms in total. The van der Waals surface area contributed by atoms with Gasteiger partial charge in [-0.25, -0.2) is 4.79 Å². The van der Waals surface area contributed by atoms with Crippen molar-refractivity contribution >= 4 is 5.97 Å². The van der Waals surface area contributed by atoms with Gasteiger partial charge in [0.05, 0.1) is 6.61 Å². The van der Waals surface area contributed by atoms with Gasteiger partial charge in [-0.15, -0.1) is 0 Å². The van der Waals surface area contributed by atoms with E-state index in [4.69, 9.17) is 4.74 Å². The zero-order valence-electron chi connectivity index (χ0n) is 10.2. The van der Waals surface area contributed by atoms with E-state index in [9.17, 15) is 4.79 Å². The first-order valence-corrected chi connectivity index (χ1v) is 6.25. The Kier molecular flexibility index (Phi) is 2.80. The summed E-state index contributed by atoms with van der Waals surface area (Å²) in [5.41, 5.74) is 2.34. The van der Waals surface area contributed by atoms with Crippen molar-refractivity contribution in [1.29, 1.82) is 0 Å². The largest absolute Gasteiger partial charge is 0.463 e. The van der Waals surface area contributed by atoms with Gasteiger partial charge in [0.25, 0.3) is 0 Å². The Labute approximate surface area is 106 Å². The van der Waals surface area contributed by atoms with Gasteiger partial charge in [-0.3, -0.25) is 5.32 Å². The molecule has 1 fully saturated rings. The first-order chi connectivity index (χ1) is 8.79. The van der Waals surface area contributed by atoms with E-state index < -0.39 is 6.17 Å². The summed E-state index contributed by atoms with van der Waals surface area (Å²) in [6.45, 7) is 2.21. The maximum absolute atomic E-state index is 11.8. The fourth-order valence-electron chi connectivity index (χ4n) is 2.65. The summed E-state index contributed by atoms with van der Waals surface area (Å²) in [6, 6.07) is 0.150. The number of esters is 1. The molecule has 0 radical (unpaired) electrons. The lowest BCUT2D eigenvalue weighted by Crippen LogP contribution is -2.61. The van der Waals surface area contributed by atoms with Gasteiger partial charge in [0.2, 0.25) is 0 Å². The van der Waals surface area contributed by atoms with Crippen LogP contribution in [0.2, 0.25) is 0 Å². The summed E-state index contributed by atoms with van der Waals surface area (Å²) in [4.78, 5) is 11.8. The predicted octanol–water partition coefficient (Wildman–Crippen LogP) is 1.00. The zero-order valence-corrected chi connectivity index (χ0v) is 10.2. The van der Waals surface area contributed by atoms with Crippen molar-refractivity contribution in [1.82, 2.24) is 10.6 Å². The zero-order chi connectivity index (χ0) is 12.5. The molecule has 3 aliphatic rings. The van der Waals surface area contributed by atoms with Crippen LogP contribution in [0.3, 0.4) is 0 Å². The number of hydrogen-bond acceptors (Lipinski definition) is 4. The minimum absolute atomic E-state index is 0.150. The third-order valence-electron chi connectivity index (χ3n) is 3.42. The molecule has 3 rings (SSSR count). The molecule has 0 aromatic heterocycles. The van der Waals surface area contributed by atoms with Gasteiger partial charge in [0, 0.05) is 17.7 Å². The van der Waals surface area contributed by atoms with E-state index in [1.807, 2.05) is 25.2 Å². The van der Waals surface area contributed by atoms with Crippen molar-refractivity contribution in [2.24, 2.45) is 5.92 Å². The van der Waals surface area contributed by atoms with Gasteiger partial charge in [-0.2, -0.15) is 0 Å². The molecule has 3 atom stereocenters. The molecule has 0 aromatic rings. The molecule has 0 aromatic carbocycles. The van der Waals surface area contributed by atoms with Crippen molar-refractivity contribution in [3.8, 4) is 0 Å². The van der Waals surface area contributed by atoms with Crippen LogP contribution >= 0.6 is 0 Å². The predicted molar refractivity (Wildman–Crippen MR) is 68.4 cm³/mol. The van der Waals surface area contributed by atoms with Crippen LogP contribution in [0.25, 0.3) is 0 Å². The normalized spacial score (nSPS) is 31.9. The van der Waals surface area contributed by atoms with Crippen molar-refractivity contribution in [2.45, 2.75) is 19.1 Å². The van der Waals surface area contributed by atoms with Crippen LogP contribution in [-0.4, -0.2) is 24.8 Å². The molecule has 3 unspecified atom stereocenters. The molecular formula is C14H16N2O2. The molecule has 2 N–H and O–H groups in total. The Hall–Kier alpha value is -1.81. The number of allylic oxidation sites excluding steroid dienone is 5. The molecule has 1 saturated heterocycles. The highest BCUT2D eigenvalue weighted by molar-refractivity contribution is 5.76. The Bertz CT molecular complexity index is 488. The number of nitrogens with one attached hydrogen (secondary N) is 2. The van der Waals surface area contributed by atoms with Crippen LogP contribution in [-0.2, 0) is 9.53 Å². The minimum Gasteiger partial charge on any atom is -0.463 e. The highest BCUT2D eigenvalue weighted by atomic mass is 16.5. The van der Waals surface area contributed by atoms with Crippen molar-refractivity contribution in [2.75, 3.05) is 6.61 Å². The van der Waals surface area contributed by atoms with Gasteiger partial charge in [0.15, 0.2) is 6.17 Å². The highest BCUT2D eigenvalue weighted by Gasteiger charge is 2.38. The third-order valence-corrected chi connectivity index (χ3v) is 3.42. The molecule has 0 spiro atoms. The fraction of sp³-hybridized carbons (Fsp3) is 0.357. The summed E-state index contributed by atoms with van der Waals surface area (Å²) in [5.74, 6) is 0.0292. The average Bonchev–Trinajstić information content (AvgIpc) is 2.39. The average molecular weight is 244 g/mol. The summed E-state index contributed by atoms with van der Waals surface area (Å²) >= 11 is 0. The van der Waals surface area contributed by atoms with Gasteiger partial charge < -0.3 is 10.1 Å². The first kappa shape index (κ1) is 11.3. The van der Waals surface area contributed by atoms with Crippen LogP contribution in [0, 0.1) is 5.92 Å². The number of rotatable bonds is 2. The van der Waals surface area contributed by atoms with Crippen LogP contribution < -0.4 is 10.6 Å². The smallest absolute Gasteiger partial charge is 0.343 e. The Morgan fingerprint density at radius 3 is 3.11 bits per heavy atom. The van der Waals surface area contributed by atoms with Gasteiger partial charge in [0.1, 0.15) is 0 Å². The van der Waals surface area contributed by atoms with E-state index in [1.54, 1.807) is 0 Å². The fourth-order valence-corrected chi connectivity index (χ4v) is 2.65. The van der Waals surface area contributed by atoms with Crippen molar-refractivity contribution in [3.05, 3.63) is 47.7 Å². The topological polar surface area (TPSA) is 50.4 Å². The number of ether oxygens (including phenoxy) is 1. The summed E-state index contributed by atoms with van der Waals surface area (Å²) in [6.07, 6.45) is 11.9. The van der Waals surface area contributed by atoms with E-state index in [2.05, 4.69) is 28.9 Å². The van der Waals surface area contributed by atoms with Crippen molar-refractivity contribution in [3.63, 3.8) is 0 Å². The molecule has 0 amide bonds. The van der Waals surface area contributed by atoms with Crippen LogP contribution in [0.4, 0.5) is 0 Å². The van der Waals surface area contributed by atoms with Gasteiger partial charge >= 0.3 is 5.97 Å². The minimum atomic E-state index is -0.465. The van der Waals surface area contributed by atoms with Crippen LogP contribution in [0.15, 0.2) is 47.7 Å². The maximum Gasteiger partial charge on any atom is 0.343 e. The molecule has 0 bridgehead atoms. The molecule has 1 aliphatic heterocycles. The van der Waals surface area contributed by atoms with E-state index in [1.165, 1.54) is 5.57 Å². The van der Waals surface area contributed by atoms with E-state index in [-0.39, 0.29) is 17.9 Å². The highest BCUT2D eigenvalue weighted by Crippen LogP contribution is 2.33. The quantitative estimate of drug-likeness (QED) is 0.712. The van der Waals surface area contributed by atoms with Crippen LogP contribution in [0.5, 0.6) is 0 Å². The SMILES string of the molecule is CCOC(=O)C1NC2=CC=CC3=CC=CC(N1)C32. The maximum atomic E-state index is 11.8. The van der Waals surface area contributed by atoms with Gasteiger partial charge in [-0.05, 0) is 18.6 Å². The Morgan fingerprint density at radius 1 is 1.39 bits per heavy atom. The third kappa shape index (κ3) is 1.78. The van der Waals surface area contributed by atoms with E-state index >= 15 is 0 Å². The molecular weight excluding hydrogens is 228 g/mol. The molecule has 1 heterocycles. The second kappa shape index (κ2) is 4.46. The number of carbonyl (C=O) groups excluding carboxylic acids is 1.